The summed E-state index contributed by atoms with van der Waals surface area (Å²) in [5.41, 5.74) is 1.21. The number of benzene rings is 1. The van der Waals surface area contributed by atoms with Crippen molar-refractivity contribution in [3.8, 4) is 17.2 Å². The number of nitrogens with one attached hydrogen (secondary N) is 1. The van der Waals surface area contributed by atoms with Crippen LogP contribution in [0.25, 0.3) is 0 Å². The SMILES string of the molecule is CCN(CC(=O)Nc1nc(C)c(C)s1)C(=O)c1cc(OC)c(OC)c(OC)c1. The van der Waals surface area contributed by atoms with Crippen molar-refractivity contribution in [3.63, 3.8) is 0 Å². The Hall–Kier alpha value is -2.81. The van der Waals surface area contributed by atoms with Gasteiger partial charge in [-0.15, -0.1) is 11.3 Å². The third kappa shape index (κ3) is 4.72. The highest BCUT2D eigenvalue weighted by Crippen LogP contribution is 2.38. The Balaban J connectivity index is 2.19. The number of rotatable bonds is 8. The molecule has 0 aliphatic carbocycles. The number of carbonyl (C=O) groups is 2. The van der Waals surface area contributed by atoms with Crippen LogP contribution in [0.15, 0.2) is 12.1 Å². The lowest BCUT2D eigenvalue weighted by molar-refractivity contribution is -0.116. The average molecular weight is 407 g/mol. The molecule has 1 heterocycles. The molecule has 1 aromatic heterocycles. The van der Waals surface area contributed by atoms with Crippen LogP contribution in [0.4, 0.5) is 5.13 Å². The maximum Gasteiger partial charge on any atom is 0.254 e. The van der Waals surface area contributed by atoms with E-state index in [1.165, 1.54) is 37.6 Å². The van der Waals surface area contributed by atoms with E-state index in [9.17, 15) is 9.59 Å². The van der Waals surface area contributed by atoms with E-state index in [1.807, 2.05) is 13.8 Å². The Bertz CT molecular complexity index is 821. The molecule has 0 spiro atoms. The summed E-state index contributed by atoms with van der Waals surface area (Å²) in [6.45, 7) is 5.89. The third-order valence-corrected chi connectivity index (χ3v) is 5.18. The summed E-state index contributed by atoms with van der Waals surface area (Å²) in [4.78, 5) is 32.1. The molecule has 8 nitrogen and oxygen atoms in total. The van der Waals surface area contributed by atoms with Crippen molar-refractivity contribution in [3.05, 3.63) is 28.3 Å². The molecule has 2 amide bonds. The zero-order valence-electron chi connectivity index (χ0n) is 16.9. The van der Waals surface area contributed by atoms with Crippen LogP contribution in [-0.2, 0) is 4.79 Å². The van der Waals surface area contributed by atoms with Crippen LogP contribution >= 0.6 is 11.3 Å². The van der Waals surface area contributed by atoms with Crippen LogP contribution in [-0.4, -0.2) is 56.1 Å². The van der Waals surface area contributed by atoms with Crippen molar-refractivity contribution in [2.24, 2.45) is 0 Å². The van der Waals surface area contributed by atoms with Crippen molar-refractivity contribution in [1.82, 2.24) is 9.88 Å². The van der Waals surface area contributed by atoms with Crippen LogP contribution in [0.1, 0.15) is 27.9 Å². The van der Waals surface area contributed by atoms with Crippen molar-refractivity contribution < 1.29 is 23.8 Å². The van der Waals surface area contributed by atoms with Crippen molar-refractivity contribution >= 4 is 28.3 Å². The number of likely N-dealkylation sites (N-methyl/N-ethyl adjacent to an activating group) is 1. The Labute approximate surface area is 168 Å². The first-order valence-corrected chi connectivity index (χ1v) is 9.49. The molecule has 9 heteroatoms. The second-order valence-corrected chi connectivity index (χ2v) is 7.15. The lowest BCUT2D eigenvalue weighted by Crippen LogP contribution is -2.37. The van der Waals surface area contributed by atoms with Gasteiger partial charge in [0.2, 0.25) is 11.7 Å². The van der Waals surface area contributed by atoms with E-state index < -0.39 is 0 Å². The number of anilines is 1. The van der Waals surface area contributed by atoms with E-state index in [4.69, 9.17) is 14.2 Å². The number of methoxy groups -OCH3 is 3. The summed E-state index contributed by atoms with van der Waals surface area (Å²) < 4.78 is 15.9. The highest BCUT2D eigenvalue weighted by Gasteiger charge is 2.22. The second-order valence-electron chi connectivity index (χ2n) is 5.94. The molecule has 1 aromatic carbocycles. The number of aryl methyl sites for hydroxylation is 2. The quantitative estimate of drug-likeness (QED) is 0.724. The maximum absolute atomic E-state index is 12.9. The molecule has 2 aromatic rings. The highest BCUT2D eigenvalue weighted by atomic mass is 32.1. The fourth-order valence-corrected chi connectivity index (χ4v) is 3.40. The van der Waals surface area contributed by atoms with E-state index in [-0.39, 0.29) is 18.4 Å². The number of amides is 2. The van der Waals surface area contributed by atoms with Gasteiger partial charge in [-0.05, 0) is 32.9 Å². The molecular formula is C19H25N3O5S. The zero-order chi connectivity index (χ0) is 20.8. The minimum atomic E-state index is -0.316. The average Bonchev–Trinajstić information content (AvgIpc) is 3.00. The van der Waals surface area contributed by atoms with Gasteiger partial charge < -0.3 is 24.4 Å². The van der Waals surface area contributed by atoms with Gasteiger partial charge in [0.15, 0.2) is 16.6 Å². The van der Waals surface area contributed by atoms with Gasteiger partial charge in [0, 0.05) is 17.0 Å². The summed E-state index contributed by atoms with van der Waals surface area (Å²) in [5, 5.41) is 3.27. The van der Waals surface area contributed by atoms with Crippen LogP contribution in [0.2, 0.25) is 0 Å². The molecule has 0 radical (unpaired) electrons. The molecule has 0 bridgehead atoms. The molecule has 0 saturated carbocycles. The largest absolute Gasteiger partial charge is 0.493 e. The highest BCUT2D eigenvalue weighted by molar-refractivity contribution is 7.15. The minimum Gasteiger partial charge on any atom is -0.493 e. The third-order valence-electron chi connectivity index (χ3n) is 4.19. The van der Waals surface area contributed by atoms with Gasteiger partial charge in [0.05, 0.1) is 27.0 Å². The van der Waals surface area contributed by atoms with Gasteiger partial charge in [0.25, 0.3) is 5.91 Å². The Morgan fingerprint density at radius 3 is 2.14 bits per heavy atom. The number of hydrogen-bond acceptors (Lipinski definition) is 7. The number of nitrogens with zero attached hydrogens (tertiary/aromatic N) is 2. The van der Waals surface area contributed by atoms with Crippen LogP contribution in [0.3, 0.4) is 0 Å². The number of ether oxygens (including phenoxy) is 3. The van der Waals surface area contributed by atoms with Gasteiger partial charge in [0.1, 0.15) is 6.54 Å². The first kappa shape index (κ1) is 21.5. The molecule has 28 heavy (non-hydrogen) atoms. The van der Waals surface area contributed by atoms with E-state index in [2.05, 4.69) is 10.3 Å². The van der Waals surface area contributed by atoms with Gasteiger partial charge in [-0.3, -0.25) is 9.59 Å². The first-order chi connectivity index (χ1) is 13.3. The summed E-state index contributed by atoms with van der Waals surface area (Å²) in [6, 6.07) is 3.13. The van der Waals surface area contributed by atoms with Crippen molar-refractivity contribution in [1.29, 1.82) is 0 Å². The lowest BCUT2D eigenvalue weighted by atomic mass is 10.1. The predicted octanol–water partition coefficient (Wildman–Crippen LogP) is 2.89. The fourth-order valence-electron chi connectivity index (χ4n) is 2.57. The normalized spacial score (nSPS) is 10.4. The van der Waals surface area contributed by atoms with E-state index in [0.717, 1.165) is 10.6 Å². The number of carbonyl (C=O) groups excluding carboxylic acids is 2. The Kier molecular flexibility index (Phi) is 7.22. The van der Waals surface area contributed by atoms with E-state index in [1.54, 1.807) is 19.1 Å². The zero-order valence-corrected chi connectivity index (χ0v) is 17.7. The Morgan fingerprint density at radius 1 is 1.11 bits per heavy atom. The van der Waals surface area contributed by atoms with Crippen LogP contribution in [0, 0.1) is 13.8 Å². The van der Waals surface area contributed by atoms with Crippen LogP contribution in [0.5, 0.6) is 17.2 Å². The predicted molar refractivity (Wildman–Crippen MR) is 108 cm³/mol. The smallest absolute Gasteiger partial charge is 0.254 e. The summed E-state index contributed by atoms with van der Waals surface area (Å²) >= 11 is 1.40. The molecular weight excluding hydrogens is 382 g/mol. The number of hydrogen-bond donors (Lipinski definition) is 1. The molecule has 1 N–H and O–H groups in total. The fraction of sp³-hybridized carbons (Fsp3) is 0.421. The van der Waals surface area contributed by atoms with Crippen molar-refractivity contribution in [2.75, 3.05) is 39.7 Å². The monoisotopic (exact) mass is 407 g/mol. The maximum atomic E-state index is 12.9. The summed E-state index contributed by atoms with van der Waals surface area (Å²) in [6.07, 6.45) is 0. The Morgan fingerprint density at radius 2 is 1.71 bits per heavy atom. The van der Waals surface area contributed by atoms with Crippen molar-refractivity contribution in [2.45, 2.75) is 20.8 Å². The van der Waals surface area contributed by atoms with E-state index in [0.29, 0.717) is 34.5 Å². The molecule has 152 valence electrons. The number of aromatic nitrogens is 1. The minimum absolute atomic E-state index is 0.0936. The molecule has 0 atom stereocenters. The molecule has 0 aliphatic heterocycles. The standard InChI is InChI=1S/C19H25N3O5S/c1-7-22(10-16(23)21-19-20-11(2)12(3)28-19)18(24)13-8-14(25-4)17(27-6)15(9-13)26-5/h8-9H,7,10H2,1-6H3,(H,20,21,23). The molecule has 0 fully saturated rings. The topological polar surface area (TPSA) is 90.0 Å². The van der Waals surface area contributed by atoms with Gasteiger partial charge >= 0.3 is 0 Å². The lowest BCUT2D eigenvalue weighted by Gasteiger charge is -2.21. The molecule has 0 aliphatic rings. The second kappa shape index (κ2) is 9.41. The molecule has 2 rings (SSSR count). The van der Waals surface area contributed by atoms with Gasteiger partial charge in [-0.1, -0.05) is 0 Å². The first-order valence-electron chi connectivity index (χ1n) is 8.67. The molecule has 0 unspecified atom stereocenters. The summed E-state index contributed by atoms with van der Waals surface area (Å²) in [7, 11) is 4.45. The molecule has 0 saturated heterocycles. The van der Waals surface area contributed by atoms with Gasteiger partial charge in [-0.2, -0.15) is 0 Å². The van der Waals surface area contributed by atoms with E-state index >= 15 is 0 Å². The van der Waals surface area contributed by atoms with Crippen LogP contribution < -0.4 is 19.5 Å². The van der Waals surface area contributed by atoms with Gasteiger partial charge in [-0.25, -0.2) is 4.98 Å². The number of thiazole rings is 1. The summed E-state index contributed by atoms with van der Waals surface area (Å²) in [5.74, 6) is 0.524.